The number of nitrogens with zero attached hydrogens (tertiary/aromatic N) is 4. The summed E-state index contributed by atoms with van der Waals surface area (Å²) in [4.78, 5) is 23.4. The summed E-state index contributed by atoms with van der Waals surface area (Å²) in [6.45, 7) is 3.06. The molecule has 3 heterocycles. The Kier molecular flexibility index (Phi) is 3.42. The molecule has 0 saturated carbocycles. The summed E-state index contributed by atoms with van der Waals surface area (Å²) in [7, 11) is 0. The second kappa shape index (κ2) is 5.58. The van der Waals surface area contributed by atoms with Gasteiger partial charge in [-0.3, -0.25) is 4.79 Å². The van der Waals surface area contributed by atoms with Crippen molar-refractivity contribution in [1.29, 1.82) is 0 Å². The minimum Gasteiger partial charge on any atom is -0.339 e. The maximum atomic E-state index is 12.3. The Morgan fingerprint density at radius 2 is 2.09 bits per heavy atom. The molecule has 1 aliphatic rings. The zero-order valence-corrected chi connectivity index (χ0v) is 13.3. The molecule has 1 aliphatic heterocycles. The molecular formula is C16H14N4O2S. The van der Waals surface area contributed by atoms with Gasteiger partial charge < -0.3 is 9.42 Å². The Hall–Kier alpha value is -2.54. The molecule has 6 nitrogen and oxygen atoms in total. The Bertz CT molecular complexity index is 837. The molecule has 0 radical (unpaired) electrons. The summed E-state index contributed by atoms with van der Waals surface area (Å²) in [5, 5.41) is 4.03. The number of likely N-dealkylation sites (tertiary alicyclic amines) is 1. The van der Waals surface area contributed by atoms with E-state index >= 15 is 0 Å². The standard InChI is InChI=1S/C16H14N4O2S/c1-10-13(23-9-17-10)16(21)20-7-12(8-20)15-18-14(19-22-15)11-5-3-2-4-6-11/h2-6,9,12H,7-8H2,1H3. The van der Waals surface area contributed by atoms with Crippen LogP contribution in [0.1, 0.15) is 27.2 Å². The quantitative estimate of drug-likeness (QED) is 0.740. The number of hydrogen-bond acceptors (Lipinski definition) is 6. The van der Waals surface area contributed by atoms with Crippen molar-refractivity contribution >= 4 is 17.2 Å². The van der Waals surface area contributed by atoms with Gasteiger partial charge in [0.2, 0.25) is 11.7 Å². The normalized spacial score (nSPS) is 14.7. The lowest BCUT2D eigenvalue weighted by atomic mass is 10.00. The lowest BCUT2D eigenvalue weighted by Crippen LogP contribution is -2.48. The molecule has 0 aliphatic carbocycles. The van der Waals surface area contributed by atoms with Crippen LogP contribution in [0.25, 0.3) is 11.4 Å². The lowest BCUT2D eigenvalue weighted by Gasteiger charge is -2.36. The number of carbonyl (C=O) groups is 1. The zero-order chi connectivity index (χ0) is 15.8. The molecule has 23 heavy (non-hydrogen) atoms. The highest BCUT2D eigenvalue weighted by molar-refractivity contribution is 7.11. The van der Waals surface area contributed by atoms with Crippen LogP contribution in [-0.4, -0.2) is 39.0 Å². The summed E-state index contributed by atoms with van der Waals surface area (Å²) in [6, 6.07) is 9.70. The van der Waals surface area contributed by atoms with E-state index < -0.39 is 0 Å². The van der Waals surface area contributed by atoms with Crippen LogP contribution in [0.4, 0.5) is 0 Å². The highest BCUT2D eigenvalue weighted by Crippen LogP contribution is 2.29. The average molecular weight is 326 g/mol. The summed E-state index contributed by atoms with van der Waals surface area (Å²) in [5.41, 5.74) is 3.41. The summed E-state index contributed by atoms with van der Waals surface area (Å²) in [6.07, 6.45) is 0. The van der Waals surface area contributed by atoms with E-state index in [0.717, 1.165) is 11.3 Å². The third-order valence-electron chi connectivity index (χ3n) is 3.93. The molecule has 0 spiro atoms. The average Bonchev–Trinajstić information content (AvgIpc) is 3.16. The number of aromatic nitrogens is 3. The molecule has 0 bridgehead atoms. The number of aryl methyl sites for hydroxylation is 1. The third-order valence-corrected chi connectivity index (χ3v) is 4.85. The van der Waals surface area contributed by atoms with Crippen molar-refractivity contribution in [2.75, 3.05) is 13.1 Å². The lowest BCUT2D eigenvalue weighted by molar-refractivity contribution is 0.0573. The molecule has 1 aromatic carbocycles. The van der Waals surface area contributed by atoms with Gasteiger partial charge in [-0.25, -0.2) is 4.98 Å². The molecule has 116 valence electrons. The van der Waals surface area contributed by atoms with Crippen molar-refractivity contribution in [1.82, 2.24) is 20.0 Å². The van der Waals surface area contributed by atoms with Crippen molar-refractivity contribution in [3.63, 3.8) is 0 Å². The van der Waals surface area contributed by atoms with Crippen LogP contribution in [0.3, 0.4) is 0 Å². The molecule has 1 saturated heterocycles. The molecule has 4 rings (SSSR count). The second-order valence-electron chi connectivity index (χ2n) is 5.50. The Morgan fingerprint density at radius 3 is 2.78 bits per heavy atom. The van der Waals surface area contributed by atoms with Gasteiger partial charge >= 0.3 is 0 Å². The minimum atomic E-state index is 0.0315. The van der Waals surface area contributed by atoms with Gasteiger partial charge in [0.05, 0.1) is 17.1 Å². The maximum Gasteiger partial charge on any atom is 0.265 e. The van der Waals surface area contributed by atoms with Crippen molar-refractivity contribution in [2.45, 2.75) is 12.8 Å². The fourth-order valence-electron chi connectivity index (χ4n) is 2.56. The summed E-state index contributed by atoms with van der Waals surface area (Å²) < 4.78 is 5.36. The topological polar surface area (TPSA) is 72.1 Å². The van der Waals surface area contributed by atoms with E-state index in [1.807, 2.05) is 37.3 Å². The van der Waals surface area contributed by atoms with Gasteiger partial charge in [-0.2, -0.15) is 4.98 Å². The van der Waals surface area contributed by atoms with E-state index in [1.54, 1.807) is 10.4 Å². The first-order valence-electron chi connectivity index (χ1n) is 7.31. The highest BCUT2D eigenvalue weighted by atomic mass is 32.1. The van der Waals surface area contributed by atoms with Crippen LogP contribution in [0.5, 0.6) is 0 Å². The molecule has 0 N–H and O–H groups in total. The number of amides is 1. The number of carbonyl (C=O) groups excluding carboxylic acids is 1. The van der Waals surface area contributed by atoms with E-state index in [4.69, 9.17) is 4.52 Å². The van der Waals surface area contributed by atoms with Crippen molar-refractivity contribution in [3.05, 3.63) is 52.3 Å². The summed E-state index contributed by atoms with van der Waals surface area (Å²) in [5.74, 6) is 1.32. The molecular weight excluding hydrogens is 312 g/mol. The van der Waals surface area contributed by atoms with Crippen LogP contribution in [0.2, 0.25) is 0 Å². The van der Waals surface area contributed by atoms with Crippen LogP contribution < -0.4 is 0 Å². The number of benzene rings is 1. The Morgan fingerprint density at radius 1 is 1.30 bits per heavy atom. The SMILES string of the molecule is Cc1ncsc1C(=O)N1CC(c2nc(-c3ccccc3)no2)C1. The van der Waals surface area contributed by atoms with Crippen molar-refractivity contribution in [3.8, 4) is 11.4 Å². The van der Waals surface area contributed by atoms with E-state index in [2.05, 4.69) is 15.1 Å². The molecule has 7 heteroatoms. The zero-order valence-electron chi connectivity index (χ0n) is 12.5. The molecule has 2 aromatic heterocycles. The molecule has 0 atom stereocenters. The van der Waals surface area contributed by atoms with Crippen LogP contribution in [-0.2, 0) is 0 Å². The van der Waals surface area contributed by atoms with Crippen LogP contribution >= 0.6 is 11.3 Å². The van der Waals surface area contributed by atoms with Crippen molar-refractivity contribution in [2.24, 2.45) is 0 Å². The van der Waals surface area contributed by atoms with Gasteiger partial charge in [-0.15, -0.1) is 11.3 Å². The fourth-order valence-corrected chi connectivity index (χ4v) is 3.33. The number of thiazole rings is 1. The predicted molar refractivity (Wildman–Crippen MR) is 85.2 cm³/mol. The molecule has 1 amide bonds. The van der Waals surface area contributed by atoms with E-state index in [9.17, 15) is 4.79 Å². The number of rotatable bonds is 3. The van der Waals surface area contributed by atoms with Gasteiger partial charge in [0, 0.05) is 18.7 Å². The first kappa shape index (κ1) is 14.1. The Balaban J connectivity index is 1.44. The van der Waals surface area contributed by atoms with Gasteiger partial charge in [-0.05, 0) is 6.92 Å². The van der Waals surface area contributed by atoms with Gasteiger partial charge in [-0.1, -0.05) is 35.5 Å². The number of hydrogen-bond donors (Lipinski definition) is 0. The van der Waals surface area contributed by atoms with E-state index in [1.165, 1.54) is 11.3 Å². The maximum absolute atomic E-state index is 12.3. The predicted octanol–water partition coefficient (Wildman–Crippen LogP) is 2.74. The van der Waals surface area contributed by atoms with E-state index in [0.29, 0.717) is 29.7 Å². The van der Waals surface area contributed by atoms with Crippen LogP contribution in [0, 0.1) is 6.92 Å². The van der Waals surface area contributed by atoms with Crippen LogP contribution in [0.15, 0.2) is 40.4 Å². The van der Waals surface area contributed by atoms with E-state index in [-0.39, 0.29) is 11.8 Å². The highest BCUT2D eigenvalue weighted by Gasteiger charge is 2.37. The fraction of sp³-hybridized carbons (Fsp3) is 0.250. The largest absolute Gasteiger partial charge is 0.339 e. The monoisotopic (exact) mass is 326 g/mol. The second-order valence-corrected chi connectivity index (χ2v) is 6.35. The smallest absolute Gasteiger partial charge is 0.265 e. The third kappa shape index (κ3) is 2.53. The summed E-state index contributed by atoms with van der Waals surface area (Å²) >= 11 is 1.38. The molecule has 1 fully saturated rings. The Labute approximate surface area is 136 Å². The molecule has 0 unspecified atom stereocenters. The first-order chi connectivity index (χ1) is 11.2. The minimum absolute atomic E-state index is 0.0315. The van der Waals surface area contributed by atoms with Gasteiger partial charge in [0.15, 0.2) is 0 Å². The van der Waals surface area contributed by atoms with Gasteiger partial charge in [0.1, 0.15) is 4.88 Å². The van der Waals surface area contributed by atoms with Crippen molar-refractivity contribution < 1.29 is 9.32 Å². The molecule has 3 aromatic rings. The van der Waals surface area contributed by atoms with Gasteiger partial charge in [0.25, 0.3) is 5.91 Å². The first-order valence-corrected chi connectivity index (χ1v) is 8.18.